The highest BCUT2D eigenvalue weighted by Gasteiger charge is 2.27. The normalized spacial score (nSPS) is 11.4. The van der Waals surface area contributed by atoms with E-state index in [4.69, 9.17) is 9.47 Å². The van der Waals surface area contributed by atoms with E-state index in [0.29, 0.717) is 29.9 Å². The van der Waals surface area contributed by atoms with Crippen molar-refractivity contribution < 1.29 is 62.0 Å². The van der Waals surface area contributed by atoms with Crippen LogP contribution in [0.1, 0.15) is 104 Å². The molecule has 0 saturated carbocycles. The van der Waals surface area contributed by atoms with Gasteiger partial charge in [0.1, 0.15) is 13.1 Å². The summed E-state index contributed by atoms with van der Waals surface area (Å²) in [5.41, 5.74) is 3.49. The number of rotatable bonds is 22. The number of hydrogen-bond acceptors (Lipinski definition) is 6. The first-order valence-corrected chi connectivity index (χ1v) is 18.9. The SMILES string of the molecule is CC[N+](CC)(CCCCCn1c(C)cc(=O)n(CCCCC[N+](CC)(CC)Cc2ccccc2C(=O)OC)c1=O)Cc1ccccc1C(=O)OC.[Br-].[Br-]. The third-order valence-electron chi connectivity index (χ3n) is 11.1. The van der Waals surface area contributed by atoms with Crippen LogP contribution in [0.5, 0.6) is 0 Å². The number of quaternary nitrogens is 2. The topological polar surface area (TPSA) is 96.6 Å². The summed E-state index contributed by atoms with van der Waals surface area (Å²) in [6, 6.07) is 17.0. The van der Waals surface area contributed by atoms with E-state index in [0.717, 1.165) is 111 Å². The van der Waals surface area contributed by atoms with Crippen molar-refractivity contribution in [3.05, 3.63) is 103 Å². The molecule has 3 aromatic rings. The minimum Gasteiger partial charge on any atom is -1.00 e. The molecule has 0 spiro atoms. The van der Waals surface area contributed by atoms with Crippen LogP contribution in [0.25, 0.3) is 0 Å². The van der Waals surface area contributed by atoms with Crippen molar-refractivity contribution in [3.8, 4) is 0 Å². The Morgan fingerprint density at radius 1 is 0.604 bits per heavy atom. The molecule has 296 valence electrons. The first-order chi connectivity index (χ1) is 24.5. The average Bonchev–Trinajstić information content (AvgIpc) is 3.15. The maximum Gasteiger partial charge on any atom is 0.338 e. The molecule has 53 heavy (non-hydrogen) atoms. The van der Waals surface area contributed by atoms with Crippen molar-refractivity contribution in [1.82, 2.24) is 9.13 Å². The minimum absolute atomic E-state index is 0. The summed E-state index contributed by atoms with van der Waals surface area (Å²) in [6.07, 6.45) is 5.41. The van der Waals surface area contributed by atoms with Gasteiger partial charge in [-0.15, -0.1) is 0 Å². The Morgan fingerprint density at radius 2 is 1.00 bits per heavy atom. The van der Waals surface area contributed by atoms with Crippen LogP contribution in [-0.4, -0.2) is 83.5 Å². The van der Waals surface area contributed by atoms with E-state index in [1.807, 2.05) is 55.5 Å². The molecule has 10 nitrogen and oxygen atoms in total. The Hall–Kier alpha value is -3.06. The van der Waals surface area contributed by atoms with Crippen LogP contribution < -0.4 is 45.2 Å². The Morgan fingerprint density at radius 3 is 1.40 bits per heavy atom. The van der Waals surface area contributed by atoms with Crippen molar-refractivity contribution >= 4 is 11.9 Å². The molecule has 3 rings (SSSR count). The van der Waals surface area contributed by atoms with E-state index in [2.05, 4.69) is 27.7 Å². The molecule has 2 aromatic carbocycles. The molecule has 0 radical (unpaired) electrons. The van der Waals surface area contributed by atoms with E-state index in [1.165, 1.54) is 18.8 Å². The molecular formula is C41H62Br2N4O6. The van der Waals surface area contributed by atoms with Crippen LogP contribution >= 0.6 is 0 Å². The lowest BCUT2D eigenvalue weighted by molar-refractivity contribution is -0.938. The van der Waals surface area contributed by atoms with E-state index >= 15 is 0 Å². The molecule has 1 aromatic heterocycles. The van der Waals surface area contributed by atoms with Crippen LogP contribution in [0, 0.1) is 6.92 Å². The molecule has 0 aliphatic carbocycles. The van der Waals surface area contributed by atoms with Gasteiger partial charge in [0.05, 0.1) is 64.6 Å². The predicted octanol–water partition coefficient (Wildman–Crippen LogP) is 0.354. The van der Waals surface area contributed by atoms with E-state index in [9.17, 15) is 19.2 Å². The second kappa shape index (κ2) is 23.7. The van der Waals surface area contributed by atoms with Crippen LogP contribution in [0.15, 0.2) is 64.2 Å². The Balaban J connectivity index is 0.00000702. The zero-order valence-electron chi connectivity index (χ0n) is 33.0. The number of hydrogen-bond donors (Lipinski definition) is 0. The summed E-state index contributed by atoms with van der Waals surface area (Å²) >= 11 is 0. The zero-order valence-corrected chi connectivity index (χ0v) is 36.2. The summed E-state index contributed by atoms with van der Waals surface area (Å²) in [7, 11) is 2.83. The fourth-order valence-corrected chi connectivity index (χ4v) is 7.33. The zero-order chi connectivity index (χ0) is 37.4. The lowest BCUT2D eigenvalue weighted by Crippen LogP contribution is -3.00. The van der Waals surface area contributed by atoms with Crippen molar-refractivity contribution in [2.75, 3.05) is 53.5 Å². The van der Waals surface area contributed by atoms with Crippen molar-refractivity contribution in [1.29, 1.82) is 0 Å². The number of carbonyl (C=O) groups is 2. The predicted molar refractivity (Wildman–Crippen MR) is 203 cm³/mol. The first-order valence-electron chi connectivity index (χ1n) is 18.9. The number of aromatic nitrogens is 2. The molecule has 0 fully saturated rings. The molecule has 0 aliphatic rings. The van der Waals surface area contributed by atoms with Gasteiger partial charge in [-0.05, 0) is 85.3 Å². The van der Waals surface area contributed by atoms with Gasteiger partial charge in [-0.1, -0.05) is 36.4 Å². The standard InChI is InChI=1S/C41H62N4O6.2BrH/c1-8-44(9-2,31-34-22-14-16-24-36(34)39(47)50-6)28-20-12-18-26-42-33(5)30-38(46)43(41(42)49)27-19-13-21-29-45(10-3,11-4)32-35-23-15-17-25-37(35)40(48)51-7;;/h14-17,22-25,30H,8-13,18-21,26-29,31-32H2,1-7H3;2*1H/q+2;;/p-2. The maximum absolute atomic E-state index is 13.5. The number of nitrogens with zero attached hydrogens (tertiary/aromatic N) is 4. The quantitative estimate of drug-likeness (QED) is 0.0824. The smallest absolute Gasteiger partial charge is 0.338 e. The maximum atomic E-state index is 13.5. The first kappa shape index (κ1) is 48.0. The number of halogens is 2. The van der Waals surface area contributed by atoms with Crippen molar-refractivity contribution in [2.24, 2.45) is 0 Å². The molecule has 0 amide bonds. The minimum atomic E-state index is -0.310. The fourth-order valence-electron chi connectivity index (χ4n) is 7.33. The molecule has 0 bridgehead atoms. The summed E-state index contributed by atoms with van der Waals surface area (Å²) in [5.74, 6) is -0.613. The third-order valence-corrected chi connectivity index (χ3v) is 11.1. The molecule has 0 unspecified atom stereocenters. The second-order valence-corrected chi connectivity index (χ2v) is 13.8. The fraction of sp³-hybridized carbons (Fsp3) is 0.561. The van der Waals surface area contributed by atoms with E-state index in [-0.39, 0.29) is 57.2 Å². The molecule has 0 atom stereocenters. The largest absolute Gasteiger partial charge is 1.00 e. The summed E-state index contributed by atoms with van der Waals surface area (Å²) in [6.45, 7) is 18.8. The molecule has 1 heterocycles. The van der Waals surface area contributed by atoms with Gasteiger partial charge >= 0.3 is 17.6 Å². The number of carbonyl (C=O) groups excluding carboxylic acids is 2. The van der Waals surface area contributed by atoms with Crippen LogP contribution in [0.3, 0.4) is 0 Å². The van der Waals surface area contributed by atoms with Gasteiger partial charge in [0.15, 0.2) is 0 Å². The van der Waals surface area contributed by atoms with Crippen molar-refractivity contribution in [2.45, 2.75) is 99.3 Å². The Kier molecular flexibility index (Phi) is 21.4. The molecule has 0 N–H and O–H groups in total. The summed E-state index contributed by atoms with van der Waals surface area (Å²) < 4.78 is 14.9. The summed E-state index contributed by atoms with van der Waals surface area (Å²) in [4.78, 5) is 51.2. The van der Waals surface area contributed by atoms with Crippen molar-refractivity contribution in [3.63, 3.8) is 0 Å². The highest BCUT2D eigenvalue weighted by molar-refractivity contribution is 5.91. The van der Waals surface area contributed by atoms with Gasteiger partial charge in [-0.2, -0.15) is 0 Å². The van der Waals surface area contributed by atoms with E-state index < -0.39 is 0 Å². The van der Waals surface area contributed by atoms with Crippen LogP contribution in [-0.2, 0) is 35.7 Å². The number of esters is 2. The monoisotopic (exact) mass is 864 g/mol. The lowest BCUT2D eigenvalue weighted by Gasteiger charge is -2.37. The number of ether oxygens (including phenoxy) is 2. The number of benzene rings is 2. The second-order valence-electron chi connectivity index (χ2n) is 13.8. The van der Waals surface area contributed by atoms with Crippen LogP contribution in [0.2, 0.25) is 0 Å². The average molecular weight is 867 g/mol. The van der Waals surface area contributed by atoms with Gasteiger partial charge in [0, 0.05) is 36.0 Å². The Labute approximate surface area is 337 Å². The van der Waals surface area contributed by atoms with Gasteiger partial charge in [-0.25, -0.2) is 14.4 Å². The van der Waals surface area contributed by atoms with Gasteiger partial charge in [0.25, 0.3) is 5.56 Å². The van der Waals surface area contributed by atoms with E-state index in [1.54, 1.807) is 10.6 Å². The summed E-state index contributed by atoms with van der Waals surface area (Å²) in [5, 5.41) is 0. The Bertz CT molecular complexity index is 1700. The van der Waals surface area contributed by atoms with Gasteiger partial charge in [0.2, 0.25) is 0 Å². The van der Waals surface area contributed by atoms with Gasteiger partial charge < -0.3 is 52.4 Å². The van der Waals surface area contributed by atoms with Crippen LogP contribution in [0.4, 0.5) is 0 Å². The highest BCUT2D eigenvalue weighted by Crippen LogP contribution is 2.22. The lowest BCUT2D eigenvalue weighted by atomic mass is 10.0. The molecule has 0 saturated heterocycles. The number of aryl methyl sites for hydroxylation is 1. The van der Waals surface area contributed by atoms with Gasteiger partial charge in [-0.3, -0.25) is 13.9 Å². The molecule has 12 heteroatoms. The third kappa shape index (κ3) is 13.0. The highest BCUT2D eigenvalue weighted by atomic mass is 79.9. The molecular weight excluding hydrogens is 804 g/mol. The number of unbranched alkanes of at least 4 members (excludes halogenated alkanes) is 4. The number of methoxy groups -OCH3 is 2. The molecule has 0 aliphatic heterocycles.